The van der Waals surface area contributed by atoms with Crippen LogP contribution >= 0.6 is 0 Å². The van der Waals surface area contributed by atoms with Crippen molar-refractivity contribution in [2.75, 3.05) is 0 Å². The van der Waals surface area contributed by atoms with Gasteiger partial charge in [0.05, 0.1) is 35.5 Å². The first-order chi connectivity index (χ1) is 26.3. The van der Waals surface area contributed by atoms with Gasteiger partial charge < -0.3 is 14.2 Å². The molecule has 9 heteroatoms. The smallest absolute Gasteiger partial charge is 0.317 e. The topological polar surface area (TPSA) is 130 Å². The monoisotopic (exact) mass is 833 g/mol. The summed E-state index contributed by atoms with van der Waals surface area (Å²) in [5.74, 6) is -2.86. The Bertz CT molecular complexity index is 1320. The van der Waals surface area contributed by atoms with Crippen molar-refractivity contribution in [2.24, 2.45) is 41.4 Å². The largest absolute Gasteiger partial charge is 0.393 e. The summed E-state index contributed by atoms with van der Waals surface area (Å²) < 4.78 is 13.8. The molecule has 59 heavy (non-hydrogen) atoms. The number of carbonyl (C=O) groups excluding carboxylic acids is 6. The second-order valence-electron chi connectivity index (χ2n) is 16.5. The Morgan fingerprint density at radius 1 is 0.458 bits per heavy atom. The third-order valence-electron chi connectivity index (χ3n) is 11.7. The molecule has 1 aromatic carbocycles. The number of rotatable bonds is 22. The summed E-state index contributed by atoms with van der Waals surface area (Å²) in [5.41, 5.74) is 1.19. The highest BCUT2D eigenvalue weighted by molar-refractivity contribution is 5.97. The Morgan fingerprint density at radius 2 is 0.814 bits per heavy atom. The van der Waals surface area contributed by atoms with E-state index in [9.17, 15) is 28.8 Å². The Kier molecular flexibility index (Phi) is 33.9. The molecule has 6 unspecified atom stereocenters. The molecule has 4 rings (SSSR count). The molecule has 3 aliphatic heterocycles. The van der Waals surface area contributed by atoms with Crippen LogP contribution < -0.4 is 0 Å². The first kappa shape index (κ1) is 59.9. The van der Waals surface area contributed by atoms with E-state index < -0.39 is 0 Å². The number of esters is 6. The van der Waals surface area contributed by atoms with Gasteiger partial charge in [-0.05, 0) is 36.7 Å². The standard InChI is InChI=1S/C24H44O3.C14H16O3.C8H12O3.4CH4/c1-4-5-6-7-8-9-10-11-12-13-14-15-16-17-18-20(2)19-22-21(3)23(25)27-24(22)26;1-9(11-6-4-3-5-7-11)8-12-10(2)13(15)17-14(12)16;1-3-4-6-5(2)7(9)11-8(6)10;;;;/h20-22H,4-19H2,1-3H3;3-7,9-10,12H,8H2,1-2H3;5-6H,3-4H2,1-2H3;4*1H4/t;9-,10+,12?;;;;;/m.1...../s1. The third kappa shape index (κ3) is 21.6. The van der Waals surface area contributed by atoms with Gasteiger partial charge in [0.1, 0.15) is 0 Å². The van der Waals surface area contributed by atoms with Gasteiger partial charge in [0, 0.05) is 0 Å². The van der Waals surface area contributed by atoms with E-state index in [1.165, 1.54) is 95.5 Å². The van der Waals surface area contributed by atoms with E-state index in [-0.39, 0.29) is 107 Å². The number of cyclic esters (lactones) is 6. The van der Waals surface area contributed by atoms with Gasteiger partial charge in [-0.25, -0.2) is 0 Å². The van der Waals surface area contributed by atoms with Crippen LogP contribution in [0.25, 0.3) is 0 Å². The van der Waals surface area contributed by atoms with E-state index in [0.29, 0.717) is 12.3 Å². The summed E-state index contributed by atoms with van der Waals surface area (Å²) in [6.07, 6.45) is 23.6. The second kappa shape index (κ2) is 33.4. The van der Waals surface area contributed by atoms with Crippen molar-refractivity contribution in [3.63, 3.8) is 0 Å². The molecule has 3 saturated heterocycles. The summed E-state index contributed by atoms with van der Waals surface area (Å²) in [4.78, 5) is 67.7. The van der Waals surface area contributed by atoms with Crippen molar-refractivity contribution in [1.82, 2.24) is 0 Å². The maximum absolute atomic E-state index is 11.7. The van der Waals surface area contributed by atoms with Gasteiger partial charge >= 0.3 is 35.8 Å². The Balaban J connectivity index is -0.000000841. The molecule has 0 amide bonds. The van der Waals surface area contributed by atoms with Crippen molar-refractivity contribution >= 4 is 35.8 Å². The van der Waals surface area contributed by atoms with Crippen LogP contribution in [0.4, 0.5) is 0 Å². The molecule has 8 atom stereocenters. The van der Waals surface area contributed by atoms with Gasteiger partial charge in [0.15, 0.2) is 0 Å². The van der Waals surface area contributed by atoms with E-state index >= 15 is 0 Å². The van der Waals surface area contributed by atoms with Crippen LogP contribution in [-0.2, 0) is 43.0 Å². The molecule has 1 aromatic rings. The summed E-state index contributed by atoms with van der Waals surface area (Å²) >= 11 is 0. The average Bonchev–Trinajstić information content (AvgIpc) is 3.66. The molecule has 3 aliphatic rings. The predicted molar refractivity (Wildman–Crippen MR) is 241 cm³/mol. The molecule has 342 valence electrons. The van der Waals surface area contributed by atoms with E-state index in [1.54, 1.807) is 13.8 Å². The molecule has 3 heterocycles. The van der Waals surface area contributed by atoms with Crippen molar-refractivity contribution in [3.8, 4) is 0 Å². The van der Waals surface area contributed by atoms with Crippen LogP contribution in [0.2, 0.25) is 0 Å². The Morgan fingerprint density at radius 3 is 1.17 bits per heavy atom. The SMILES string of the molecule is C.C.C.C.CCCC1C(=O)OC(=O)C1C.CCCCCCCCCCCCCCCCC(C)CC1C(=O)OC(=O)C1C.C[C@H](CC1C(=O)OC(=O)[C@H]1C)c1ccccc1. The highest BCUT2D eigenvalue weighted by Crippen LogP contribution is 2.33. The normalized spacial score (nSPS) is 22.7. The second-order valence-corrected chi connectivity index (χ2v) is 16.5. The summed E-state index contributed by atoms with van der Waals surface area (Å²) in [6, 6.07) is 10.0. The van der Waals surface area contributed by atoms with E-state index in [4.69, 9.17) is 4.74 Å². The fraction of sp³-hybridized carbons (Fsp3) is 0.760. The van der Waals surface area contributed by atoms with Gasteiger partial charge in [-0.1, -0.05) is 211 Å². The average molecular weight is 833 g/mol. The third-order valence-corrected chi connectivity index (χ3v) is 11.7. The lowest BCUT2D eigenvalue weighted by Gasteiger charge is -2.16. The van der Waals surface area contributed by atoms with Crippen LogP contribution in [0.1, 0.15) is 212 Å². The minimum Gasteiger partial charge on any atom is -0.393 e. The molecule has 0 aliphatic carbocycles. The van der Waals surface area contributed by atoms with Crippen molar-refractivity contribution in [2.45, 2.75) is 206 Å². The number of carbonyl (C=O) groups is 6. The zero-order chi connectivity index (χ0) is 40.8. The lowest BCUT2D eigenvalue weighted by Crippen LogP contribution is -2.17. The van der Waals surface area contributed by atoms with Crippen molar-refractivity contribution in [1.29, 1.82) is 0 Å². The summed E-state index contributed by atoms with van der Waals surface area (Å²) in [7, 11) is 0. The Hall–Kier alpha value is -3.36. The van der Waals surface area contributed by atoms with Gasteiger partial charge in [-0.15, -0.1) is 0 Å². The molecule has 0 radical (unpaired) electrons. The van der Waals surface area contributed by atoms with Crippen molar-refractivity contribution in [3.05, 3.63) is 35.9 Å². The first-order valence-corrected chi connectivity index (χ1v) is 21.6. The highest BCUT2D eigenvalue weighted by Gasteiger charge is 2.43. The van der Waals surface area contributed by atoms with Crippen LogP contribution in [-0.4, -0.2) is 35.8 Å². The van der Waals surface area contributed by atoms with Crippen LogP contribution in [0.5, 0.6) is 0 Å². The fourth-order valence-corrected chi connectivity index (χ4v) is 7.73. The van der Waals surface area contributed by atoms with E-state index in [1.807, 2.05) is 44.2 Å². The van der Waals surface area contributed by atoms with Gasteiger partial charge in [-0.3, -0.25) is 28.8 Å². The lowest BCUT2D eigenvalue weighted by atomic mass is 9.85. The van der Waals surface area contributed by atoms with Gasteiger partial charge in [-0.2, -0.15) is 0 Å². The number of ether oxygens (including phenoxy) is 3. The van der Waals surface area contributed by atoms with Gasteiger partial charge in [0.2, 0.25) is 0 Å². The predicted octanol–water partition coefficient (Wildman–Crippen LogP) is 13.4. The molecule has 0 N–H and O–H groups in total. The lowest BCUT2D eigenvalue weighted by molar-refractivity contribution is -0.155. The molecular weight excluding hydrogens is 745 g/mol. The molecule has 0 bridgehead atoms. The van der Waals surface area contributed by atoms with Crippen LogP contribution in [0, 0.1) is 41.4 Å². The molecule has 0 saturated carbocycles. The number of benzene rings is 1. The molecule has 0 aromatic heterocycles. The van der Waals surface area contributed by atoms with Crippen LogP contribution in [0.15, 0.2) is 30.3 Å². The maximum Gasteiger partial charge on any atom is 0.317 e. The van der Waals surface area contributed by atoms with E-state index in [0.717, 1.165) is 25.7 Å². The van der Waals surface area contributed by atoms with Crippen molar-refractivity contribution < 1.29 is 43.0 Å². The number of unbranched alkanes of at least 4 members (excludes halogenated alkanes) is 13. The number of hydrogen-bond donors (Lipinski definition) is 0. The minimum absolute atomic E-state index is 0. The zero-order valence-electron chi connectivity index (χ0n) is 35.1. The quantitative estimate of drug-likeness (QED) is 0.0485. The summed E-state index contributed by atoms with van der Waals surface area (Å²) in [5, 5.41) is 0. The maximum atomic E-state index is 11.7. The van der Waals surface area contributed by atoms with Crippen LogP contribution in [0.3, 0.4) is 0 Å². The number of hydrogen-bond acceptors (Lipinski definition) is 9. The van der Waals surface area contributed by atoms with Gasteiger partial charge in [0.25, 0.3) is 0 Å². The molecule has 0 spiro atoms. The molecule has 9 nitrogen and oxygen atoms in total. The molecular formula is C50H88O9. The minimum atomic E-state index is -0.389. The highest BCUT2D eigenvalue weighted by atomic mass is 16.6. The zero-order valence-corrected chi connectivity index (χ0v) is 35.1. The Labute approximate surface area is 361 Å². The molecule has 3 fully saturated rings. The first-order valence-electron chi connectivity index (χ1n) is 21.6. The van der Waals surface area contributed by atoms with E-state index in [2.05, 4.69) is 30.2 Å². The fourth-order valence-electron chi connectivity index (χ4n) is 7.73. The summed E-state index contributed by atoms with van der Waals surface area (Å²) in [6.45, 7) is 13.9.